The second-order valence-electron chi connectivity index (χ2n) is 19.2. The minimum atomic E-state index is -0.787. The second kappa shape index (κ2) is 57.2. The number of rotatable bonds is 52. The highest BCUT2D eigenvalue weighted by Crippen LogP contribution is 2.16. The van der Waals surface area contributed by atoms with Crippen molar-refractivity contribution in [2.75, 3.05) is 13.2 Å². The Kier molecular flexibility index (Phi) is 54.3. The Morgan fingerprint density at radius 1 is 0.304 bits per heavy atom. The molecular weight excluding hydrogens is 853 g/mol. The van der Waals surface area contributed by atoms with Gasteiger partial charge in [-0.2, -0.15) is 0 Å². The molecular formula is C63H108O6. The summed E-state index contributed by atoms with van der Waals surface area (Å²) in [6.45, 7) is 6.51. The first-order chi connectivity index (χ1) is 34.0. The summed E-state index contributed by atoms with van der Waals surface area (Å²) in [4.78, 5) is 38.1. The summed E-state index contributed by atoms with van der Waals surface area (Å²) in [5, 5.41) is 0. The summed E-state index contributed by atoms with van der Waals surface area (Å²) in [5.74, 6) is -0.910. The Balaban J connectivity index is 4.37. The van der Waals surface area contributed by atoms with Crippen LogP contribution in [0.3, 0.4) is 0 Å². The first-order valence-corrected chi connectivity index (χ1v) is 29.1. The molecule has 0 aromatic heterocycles. The summed E-state index contributed by atoms with van der Waals surface area (Å²) < 4.78 is 16.8. The summed E-state index contributed by atoms with van der Waals surface area (Å²) in [6.07, 6.45) is 74.3. The lowest BCUT2D eigenvalue weighted by atomic mass is 10.0. The van der Waals surface area contributed by atoms with Crippen LogP contribution in [-0.4, -0.2) is 37.2 Å². The van der Waals surface area contributed by atoms with Crippen LogP contribution >= 0.6 is 0 Å². The molecule has 0 radical (unpaired) electrons. The predicted octanol–water partition coefficient (Wildman–Crippen LogP) is 19.5. The van der Waals surface area contributed by atoms with Crippen molar-refractivity contribution < 1.29 is 28.6 Å². The van der Waals surface area contributed by atoms with Gasteiger partial charge in [0.1, 0.15) is 13.2 Å². The molecule has 0 aromatic rings. The van der Waals surface area contributed by atoms with Crippen molar-refractivity contribution in [1.29, 1.82) is 0 Å². The highest BCUT2D eigenvalue weighted by molar-refractivity contribution is 5.71. The molecule has 0 amide bonds. The Morgan fingerprint density at radius 3 is 0.884 bits per heavy atom. The van der Waals surface area contributed by atoms with Gasteiger partial charge >= 0.3 is 17.9 Å². The molecule has 1 unspecified atom stereocenters. The van der Waals surface area contributed by atoms with Crippen LogP contribution in [-0.2, 0) is 28.6 Å². The van der Waals surface area contributed by atoms with Gasteiger partial charge in [-0.15, -0.1) is 0 Å². The third-order valence-electron chi connectivity index (χ3n) is 12.4. The van der Waals surface area contributed by atoms with Crippen LogP contribution in [0.5, 0.6) is 0 Å². The van der Waals surface area contributed by atoms with Gasteiger partial charge in [-0.3, -0.25) is 14.4 Å². The van der Waals surface area contributed by atoms with E-state index in [1.165, 1.54) is 128 Å². The average Bonchev–Trinajstić information content (AvgIpc) is 3.35. The van der Waals surface area contributed by atoms with Gasteiger partial charge in [0.25, 0.3) is 0 Å². The molecule has 0 aliphatic heterocycles. The topological polar surface area (TPSA) is 78.9 Å². The molecule has 0 heterocycles. The number of esters is 3. The molecule has 0 aliphatic carbocycles. The fourth-order valence-corrected chi connectivity index (χ4v) is 8.07. The molecule has 6 heteroatoms. The average molecular weight is 962 g/mol. The monoisotopic (exact) mass is 961 g/mol. The fourth-order valence-electron chi connectivity index (χ4n) is 8.07. The van der Waals surface area contributed by atoms with E-state index < -0.39 is 6.10 Å². The number of unbranched alkanes of at least 4 members (excludes halogenated alkanes) is 27. The lowest BCUT2D eigenvalue weighted by Gasteiger charge is -2.18. The smallest absolute Gasteiger partial charge is 0.306 e. The molecule has 0 aromatic carbocycles. The number of allylic oxidation sites excluding steroid dienone is 14. The third-order valence-corrected chi connectivity index (χ3v) is 12.4. The fraction of sp³-hybridized carbons (Fsp3) is 0.730. The molecule has 0 saturated carbocycles. The highest BCUT2D eigenvalue weighted by Gasteiger charge is 2.19. The van der Waals surface area contributed by atoms with E-state index in [2.05, 4.69) is 106 Å². The molecule has 0 bridgehead atoms. The number of carbonyl (C=O) groups excluding carboxylic acids is 3. The Labute approximate surface area is 426 Å². The van der Waals surface area contributed by atoms with Crippen LogP contribution in [0.25, 0.3) is 0 Å². The van der Waals surface area contributed by atoms with Gasteiger partial charge in [-0.25, -0.2) is 0 Å². The zero-order valence-electron chi connectivity index (χ0n) is 45.3. The van der Waals surface area contributed by atoms with Gasteiger partial charge in [0.15, 0.2) is 6.10 Å². The van der Waals surface area contributed by atoms with Crippen molar-refractivity contribution in [3.8, 4) is 0 Å². The molecule has 0 fully saturated rings. The first-order valence-electron chi connectivity index (χ1n) is 29.1. The Bertz CT molecular complexity index is 1330. The van der Waals surface area contributed by atoms with Gasteiger partial charge in [0, 0.05) is 19.3 Å². The van der Waals surface area contributed by atoms with E-state index in [4.69, 9.17) is 14.2 Å². The molecule has 1 atom stereocenters. The Morgan fingerprint density at radius 2 is 0.565 bits per heavy atom. The van der Waals surface area contributed by atoms with Crippen LogP contribution in [0.1, 0.15) is 278 Å². The standard InChI is InChI=1S/C63H108O6/c1-4-7-10-13-16-19-22-25-27-28-29-30-31-32-33-34-35-36-37-39-41-44-47-50-53-56-62(65)68-59-60(58-67-61(64)55-52-49-46-43-40-24-21-18-15-12-9-6-3)69-63(66)57-54-51-48-45-42-38-26-23-20-17-14-11-8-5-2/h7,10,16,19,25,27,29-30,32-33,35-36,39,41,60H,4-6,8-9,11-15,17-18,20-24,26,28,31,34,37-38,40,42-59H2,1-3H3/b10-7-,19-16-,27-25-,30-29-,33-32-,36-35-,41-39-. The maximum Gasteiger partial charge on any atom is 0.306 e. The van der Waals surface area contributed by atoms with Gasteiger partial charge in [0.2, 0.25) is 0 Å². The van der Waals surface area contributed by atoms with Gasteiger partial charge in [-0.1, -0.05) is 266 Å². The number of carbonyl (C=O) groups is 3. The zero-order chi connectivity index (χ0) is 50.0. The highest BCUT2D eigenvalue weighted by atomic mass is 16.6. The van der Waals surface area contributed by atoms with Crippen LogP contribution in [0.2, 0.25) is 0 Å². The van der Waals surface area contributed by atoms with Crippen molar-refractivity contribution in [3.05, 3.63) is 85.1 Å². The van der Waals surface area contributed by atoms with Crippen LogP contribution in [0, 0.1) is 0 Å². The van der Waals surface area contributed by atoms with Gasteiger partial charge in [0.05, 0.1) is 0 Å². The minimum absolute atomic E-state index is 0.0836. The summed E-state index contributed by atoms with van der Waals surface area (Å²) >= 11 is 0. The van der Waals surface area contributed by atoms with E-state index >= 15 is 0 Å². The quantitative estimate of drug-likeness (QED) is 0.0262. The van der Waals surface area contributed by atoms with Crippen molar-refractivity contribution in [3.63, 3.8) is 0 Å². The van der Waals surface area contributed by atoms with Crippen molar-refractivity contribution in [2.45, 2.75) is 284 Å². The minimum Gasteiger partial charge on any atom is -0.462 e. The Hall–Kier alpha value is -3.41. The largest absolute Gasteiger partial charge is 0.462 e. The van der Waals surface area contributed by atoms with Gasteiger partial charge in [-0.05, 0) is 77.0 Å². The van der Waals surface area contributed by atoms with E-state index in [1.54, 1.807) is 0 Å². The molecule has 396 valence electrons. The molecule has 0 N–H and O–H groups in total. The summed E-state index contributed by atoms with van der Waals surface area (Å²) in [7, 11) is 0. The lowest BCUT2D eigenvalue weighted by molar-refractivity contribution is -0.167. The number of ether oxygens (including phenoxy) is 3. The van der Waals surface area contributed by atoms with E-state index in [0.29, 0.717) is 19.3 Å². The number of hydrogen-bond donors (Lipinski definition) is 0. The molecule has 0 aliphatic rings. The first kappa shape index (κ1) is 65.6. The summed E-state index contributed by atoms with van der Waals surface area (Å²) in [6, 6.07) is 0. The zero-order valence-corrected chi connectivity index (χ0v) is 45.3. The maximum atomic E-state index is 12.8. The van der Waals surface area contributed by atoms with Crippen LogP contribution in [0.4, 0.5) is 0 Å². The SMILES string of the molecule is CC/C=C\C/C=C\C/C=C\C/C=C\C/C=C\C/C=C\C/C=C\CCCCCC(=O)OCC(COC(=O)CCCCCCCCCCCCCC)OC(=O)CCCCCCCCCCCCCCCC. The number of hydrogen-bond acceptors (Lipinski definition) is 6. The molecule has 69 heavy (non-hydrogen) atoms. The van der Waals surface area contributed by atoms with E-state index in [-0.39, 0.29) is 31.1 Å². The molecule has 0 saturated heterocycles. The summed E-state index contributed by atoms with van der Waals surface area (Å²) in [5.41, 5.74) is 0. The lowest BCUT2D eigenvalue weighted by Crippen LogP contribution is -2.30. The molecule has 0 rings (SSSR count). The second-order valence-corrected chi connectivity index (χ2v) is 19.2. The van der Waals surface area contributed by atoms with Gasteiger partial charge < -0.3 is 14.2 Å². The van der Waals surface area contributed by atoms with E-state index in [0.717, 1.165) is 109 Å². The maximum absolute atomic E-state index is 12.8. The normalized spacial score (nSPS) is 12.7. The predicted molar refractivity (Wildman–Crippen MR) is 297 cm³/mol. The van der Waals surface area contributed by atoms with Crippen molar-refractivity contribution in [1.82, 2.24) is 0 Å². The van der Waals surface area contributed by atoms with E-state index in [1.807, 2.05) is 0 Å². The van der Waals surface area contributed by atoms with Crippen LogP contribution in [0.15, 0.2) is 85.1 Å². The van der Waals surface area contributed by atoms with E-state index in [9.17, 15) is 14.4 Å². The van der Waals surface area contributed by atoms with Crippen molar-refractivity contribution >= 4 is 17.9 Å². The van der Waals surface area contributed by atoms with Crippen LogP contribution < -0.4 is 0 Å². The third kappa shape index (κ3) is 55.4. The molecule has 6 nitrogen and oxygen atoms in total. The molecule has 0 spiro atoms. The van der Waals surface area contributed by atoms with Crippen molar-refractivity contribution in [2.24, 2.45) is 0 Å².